The number of hydrogen-bond donors (Lipinski definition) is 5. The van der Waals surface area contributed by atoms with Crippen molar-refractivity contribution >= 4 is 81.4 Å². The van der Waals surface area contributed by atoms with Gasteiger partial charge in [-0.15, -0.1) is 0 Å². The van der Waals surface area contributed by atoms with Crippen LogP contribution in [0.25, 0.3) is 0 Å². The first kappa shape index (κ1) is 51.1. The lowest BCUT2D eigenvalue weighted by molar-refractivity contribution is 0.413. The average Bonchev–Trinajstić information content (AvgIpc) is 3.25. The van der Waals surface area contributed by atoms with Crippen molar-refractivity contribution in [2.75, 3.05) is 60.7 Å². The fourth-order valence-electron chi connectivity index (χ4n) is 6.82. The number of nitrogens with one attached hydrogen (secondary N) is 4. The summed E-state index contributed by atoms with van der Waals surface area (Å²) in [6.07, 6.45) is 9.20. The van der Waals surface area contributed by atoms with Gasteiger partial charge in [0.1, 0.15) is 17.4 Å². The van der Waals surface area contributed by atoms with Crippen molar-refractivity contribution in [1.29, 1.82) is 0 Å². The van der Waals surface area contributed by atoms with E-state index in [4.69, 9.17) is 22.1 Å². The molecule has 0 bridgehead atoms. The third-order valence-corrected chi connectivity index (χ3v) is 12.7. The number of aryl methyl sites for hydroxylation is 2. The van der Waals surface area contributed by atoms with E-state index in [0.717, 1.165) is 48.5 Å². The summed E-state index contributed by atoms with van der Waals surface area (Å²) in [7, 11) is -7.60. The summed E-state index contributed by atoms with van der Waals surface area (Å²) < 4.78 is 74.0. The molecule has 2 aromatic heterocycles. The molecule has 6 N–H and O–H groups in total. The lowest BCUT2D eigenvalue weighted by Gasteiger charge is -2.24. The van der Waals surface area contributed by atoms with E-state index in [9.17, 15) is 25.3 Å². The van der Waals surface area contributed by atoms with Crippen LogP contribution in [-0.4, -0.2) is 84.2 Å². The molecule has 1 saturated heterocycles. The number of benzene rings is 4. The molecule has 16 nitrogen and oxygen atoms in total. The van der Waals surface area contributed by atoms with Crippen molar-refractivity contribution in [2.24, 2.45) is 0 Å². The Kier molecular flexibility index (Phi) is 17.9. The van der Waals surface area contributed by atoms with E-state index in [-0.39, 0.29) is 22.5 Å². The van der Waals surface area contributed by atoms with Gasteiger partial charge in [0.25, 0.3) is 0 Å². The second-order valence-electron chi connectivity index (χ2n) is 16.0. The van der Waals surface area contributed by atoms with Crippen molar-refractivity contribution < 1.29 is 30.0 Å². The van der Waals surface area contributed by atoms with Gasteiger partial charge in [0.05, 0.1) is 30.1 Å². The van der Waals surface area contributed by atoms with Crippen LogP contribution >= 0.6 is 11.6 Å². The molecule has 352 valence electrons. The Morgan fingerprint density at radius 2 is 1.14 bits per heavy atom. The van der Waals surface area contributed by atoms with Crippen LogP contribution in [0.5, 0.6) is 5.75 Å². The monoisotopic (exact) mass is 977 g/mol. The zero-order chi connectivity index (χ0) is 48.1. The fraction of sp³-hybridized carbons (Fsp3) is 0.304. The molecular formula is C46H56ClN9O7S3. The van der Waals surface area contributed by atoms with E-state index in [2.05, 4.69) is 53.3 Å². The summed E-state index contributed by atoms with van der Waals surface area (Å²) in [5, 5.41) is 13.2. The number of methoxy groups -OCH3 is 1. The van der Waals surface area contributed by atoms with Crippen molar-refractivity contribution in [1.82, 2.24) is 25.3 Å². The molecule has 0 aliphatic carbocycles. The summed E-state index contributed by atoms with van der Waals surface area (Å²) in [5.74, 6) is 2.78. The first-order valence-electron chi connectivity index (χ1n) is 20.7. The zero-order valence-electron chi connectivity index (χ0n) is 37.7. The Hall–Kier alpha value is -5.86. The smallest absolute Gasteiger partial charge is 0.229 e. The normalized spacial score (nSPS) is 13.0. The number of anilines is 7. The van der Waals surface area contributed by atoms with E-state index < -0.39 is 29.5 Å². The highest BCUT2D eigenvalue weighted by Gasteiger charge is 2.18. The highest BCUT2D eigenvalue weighted by molar-refractivity contribution is 7.90. The van der Waals surface area contributed by atoms with Crippen LogP contribution in [-0.2, 0) is 46.8 Å². The number of nitrogens with zero attached hydrogens (tertiary/aromatic N) is 4. The van der Waals surface area contributed by atoms with Gasteiger partial charge in [-0.25, -0.2) is 40.2 Å². The Balaban J connectivity index is 0.000000214. The fourth-order valence-corrected chi connectivity index (χ4v) is 9.42. The highest BCUT2D eigenvalue weighted by Crippen LogP contribution is 2.34. The van der Waals surface area contributed by atoms with Crippen molar-refractivity contribution in [3.63, 3.8) is 0 Å². The summed E-state index contributed by atoms with van der Waals surface area (Å²) in [6.45, 7) is 5.82. The van der Waals surface area contributed by atoms with Crippen LogP contribution in [0, 0.1) is 13.8 Å². The quantitative estimate of drug-likeness (QED) is 0.0516. The minimum absolute atomic E-state index is 0.0136. The van der Waals surface area contributed by atoms with Crippen molar-refractivity contribution in [3.05, 3.63) is 142 Å². The number of hydrogen-bond acceptors (Lipinski definition) is 16. The van der Waals surface area contributed by atoms with E-state index in [0.29, 0.717) is 57.3 Å². The maximum Gasteiger partial charge on any atom is 0.229 e. The van der Waals surface area contributed by atoms with Crippen LogP contribution < -0.4 is 31.7 Å². The summed E-state index contributed by atoms with van der Waals surface area (Å²) in [6, 6.07) is 27.7. The number of nitrogens with two attached hydrogens (primary N) is 1. The molecule has 0 amide bonds. The lowest BCUT2D eigenvalue weighted by atomic mass is 9.90. The molecule has 7 rings (SSSR count). The number of halogens is 1. The molecule has 0 spiro atoms. The van der Waals surface area contributed by atoms with Crippen molar-refractivity contribution in [2.45, 2.75) is 49.9 Å². The molecule has 20 heteroatoms. The zero-order valence-corrected chi connectivity index (χ0v) is 40.9. The topological polar surface area (TPSA) is 237 Å². The van der Waals surface area contributed by atoms with Gasteiger partial charge in [0.15, 0.2) is 29.5 Å². The molecule has 0 radical (unpaired) electrons. The van der Waals surface area contributed by atoms with Crippen LogP contribution in [0.4, 0.5) is 40.3 Å². The number of sulfone groups is 3. The Morgan fingerprint density at radius 3 is 1.67 bits per heavy atom. The number of ether oxygens (including phenoxy) is 1. The lowest BCUT2D eigenvalue weighted by Crippen LogP contribution is -2.26. The van der Waals surface area contributed by atoms with Crippen LogP contribution in [0.3, 0.4) is 0 Å². The Morgan fingerprint density at radius 1 is 0.652 bits per heavy atom. The van der Waals surface area contributed by atoms with Crippen LogP contribution in [0.1, 0.15) is 52.1 Å². The predicted octanol–water partition coefficient (Wildman–Crippen LogP) is 7.83. The van der Waals surface area contributed by atoms with Gasteiger partial charge in [-0.2, -0.15) is 4.98 Å². The Bertz CT molecular complexity index is 2950. The van der Waals surface area contributed by atoms with Gasteiger partial charge in [0, 0.05) is 59.4 Å². The number of para-hydroxylation sites is 3. The Labute approximate surface area is 393 Å². The maximum atomic E-state index is 11.8. The van der Waals surface area contributed by atoms with Gasteiger partial charge >= 0.3 is 0 Å². The highest BCUT2D eigenvalue weighted by atomic mass is 35.5. The van der Waals surface area contributed by atoms with Gasteiger partial charge in [0.2, 0.25) is 11.2 Å². The second kappa shape index (κ2) is 23.0. The molecule has 1 fully saturated rings. The molecule has 1 aliphatic rings. The maximum absolute atomic E-state index is 11.8. The number of nitrogen functional groups attached to an aromatic ring is 1. The van der Waals surface area contributed by atoms with Crippen LogP contribution in [0.15, 0.2) is 103 Å². The first-order valence-corrected chi connectivity index (χ1v) is 27.3. The van der Waals surface area contributed by atoms with Gasteiger partial charge in [-0.1, -0.05) is 60.7 Å². The molecule has 0 unspecified atom stereocenters. The predicted molar refractivity (Wildman–Crippen MR) is 266 cm³/mol. The van der Waals surface area contributed by atoms with E-state index in [1.54, 1.807) is 68.0 Å². The molecular weight excluding hydrogens is 922 g/mol. The van der Waals surface area contributed by atoms with E-state index in [1.165, 1.54) is 24.3 Å². The standard InChI is InChI=1S/C25H31N5O3S.C13H14ClN3O2S.C8H11NO2S/c1-17-15-27-25(30-24(17)28-21-7-5-4-6-20(21)16-34(3,31)32)29-22-9-8-19(14-23(22)33-2)18-10-12-26-13-11-18;1-9-7-15-13(14)17-12(9)16-11-6-4-3-5-10(11)8-20(2,18)19;1-12(10,11)6-7-4-2-3-5-8(7)9/h4-9,14-15,18,26H,10-13,16H2,1-3H3,(H2,27,28,29,30);3-7H,8H2,1-2H3,(H,15,16,17);2-5H,6,9H2,1H3. The largest absolute Gasteiger partial charge is 0.495 e. The summed E-state index contributed by atoms with van der Waals surface area (Å²) in [5.41, 5.74) is 13.2. The van der Waals surface area contributed by atoms with Crippen molar-refractivity contribution in [3.8, 4) is 5.75 Å². The van der Waals surface area contributed by atoms with Gasteiger partial charge in [-0.3, -0.25) is 0 Å². The minimum Gasteiger partial charge on any atom is -0.495 e. The summed E-state index contributed by atoms with van der Waals surface area (Å²) in [4.78, 5) is 17.0. The third-order valence-electron chi connectivity index (χ3n) is 10.0. The first-order chi connectivity index (χ1) is 31.2. The van der Waals surface area contributed by atoms with Crippen LogP contribution in [0.2, 0.25) is 5.28 Å². The molecule has 4 aromatic carbocycles. The van der Waals surface area contributed by atoms with Gasteiger partial charge in [-0.05, 0) is 110 Å². The molecule has 66 heavy (non-hydrogen) atoms. The second-order valence-corrected chi connectivity index (χ2v) is 22.7. The molecule has 3 heterocycles. The minimum atomic E-state index is -3.17. The number of rotatable bonds is 14. The molecule has 0 atom stereocenters. The van der Waals surface area contributed by atoms with E-state index in [1.807, 2.05) is 44.2 Å². The summed E-state index contributed by atoms with van der Waals surface area (Å²) >= 11 is 5.77. The number of aromatic nitrogens is 4. The third kappa shape index (κ3) is 16.5. The number of piperidine rings is 1. The van der Waals surface area contributed by atoms with Gasteiger partial charge < -0.3 is 31.7 Å². The molecule has 1 aliphatic heterocycles. The molecule has 6 aromatic rings. The average molecular weight is 979 g/mol. The SMILES string of the molecule is COc1cc(C2CCNCC2)ccc1Nc1ncc(C)c(Nc2ccccc2CS(C)(=O)=O)n1.CS(=O)(=O)Cc1ccccc1N.Cc1cnc(Cl)nc1Nc1ccccc1CS(C)(=O)=O. The molecule has 0 saturated carbocycles. The van der Waals surface area contributed by atoms with E-state index >= 15 is 0 Å².